The molecule has 0 aliphatic rings. The van der Waals surface area contributed by atoms with Crippen LogP contribution in [0.25, 0.3) is 6.08 Å². The highest BCUT2D eigenvalue weighted by Gasteiger charge is 2.21. The molecule has 0 spiro atoms. The predicted molar refractivity (Wildman–Crippen MR) is 98.1 cm³/mol. The molecule has 4 nitrogen and oxygen atoms in total. The van der Waals surface area contributed by atoms with Gasteiger partial charge in [-0.2, -0.15) is 0 Å². The van der Waals surface area contributed by atoms with Gasteiger partial charge in [0.15, 0.2) is 0 Å². The number of anilines is 1. The maximum Gasteiger partial charge on any atom is 0.244 e. The van der Waals surface area contributed by atoms with Crippen LogP contribution in [0.4, 0.5) is 5.69 Å². The van der Waals surface area contributed by atoms with Gasteiger partial charge in [0.05, 0.1) is 0 Å². The van der Waals surface area contributed by atoms with Crippen LogP contribution in [0.5, 0.6) is 5.75 Å². The topological polar surface area (TPSA) is 52.6 Å². The monoisotopic (exact) mass is 318 g/mol. The summed E-state index contributed by atoms with van der Waals surface area (Å²) in [5.74, 6) is 0.00327. The lowest BCUT2D eigenvalue weighted by atomic mass is 9.84. The highest BCUT2D eigenvalue weighted by Crippen LogP contribution is 2.36. The van der Waals surface area contributed by atoms with Crippen molar-refractivity contribution in [2.75, 3.05) is 19.0 Å². The van der Waals surface area contributed by atoms with E-state index in [1.165, 1.54) is 6.08 Å². The third-order valence-electron chi connectivity index (χ3n) is 3.35. The average Bonchev–Trinajstić information content (AvgIpc) is 2.33. The Morgan fingerprint density at radius 3 is 2.13 bits per heavy atom. The summed E-state index contributed by atoms with van der Waals surface area (Å²) in [7, 11) is 3.95. The van der Waals surface area contributed by atoms with Gasteiger partial charge < -0.3 is 15.3 Å². The highest BCUT2D eigenvalue weighted by atomic mass is 16.3. The first kappa shape index (κ1) is 19.1. The van der Waals surface area contributed by atoms with Gasteiger partial charge >= 0.3 is 0 Å². The summed E-state index contributed by atoms with van der Waals surface area (Å²) in [6.07, 6.45) is 3.10. The van der Waals surface area contributed by atoms with Gasteiger partial charge in [-0.05, 0) is 50.0 Å². The first-order valence-electron chi connectivity index (χ1n) is 7.86. The summed E-state index contributed by atoms with van der Waals surface area (Å²) >= 11 is 0. The third-order valence-corrected chi connectivity index (χ3v) is 3.35. The fraction of sp³-hybridized carbons (Fsp3) is 0.526. The Morgan fingerprint density at radius 2 is 1.70 bits per heavy atom. The fourth-order valence-electron chi connectivity index (χ4n) is 2.27. The number of phenolic OH excluding ortho intramolecular Hbond substituents is 1. The van der Waals surface area contributed by atoms with Crippen LogP contribution in [0, 0.1) is 0 Å². The van der Waals surface area contributed by atoms with Crippen molar-refractivity contribution in [3.8, 4) is 5.75 Å². The van der Waals surface area contributed by atoms with Gasteiger partial charge in [0.1, 0.15) is 5.75 Å². The van der Waals surface area contributed by atoms with E-state index < -0.39 is 0 Å². The Bertz CT molecular complexity index is 603. The number of benzene rings is 1. The van der Waals surface area contributed by atoms with Crippen molar-refractivity contribution < 1.29 is 9.90 Å². The molecule has 128 valence electrons. The van der Waals surface area contributed by atoms with E-state index in [1.54, 1.807) is 12.1 Å². The third kappa shape index (κ3) is 5.62. The van der Waals surface area contributed by atoms with Gasteiger partial charge in [0.2, 0.25) is 5.91 Å². The van der Waals surface area contributed by atoms with E-state index in [2.05, 4.69) is 26.1 Å². The number of hydrogen-bond donors (Lipinski definition) is 2. The molecule has 1 rings (SSSR count). The number of phenols is 1. The van der Waals surface area contributed by atoms with E-state index in [0.717, 1.165) is 11.3 Å². The SMILES string of the molecule is CN(C)c1cc(/C=C/C(=O)NC(C)(C)C)c(O)cc1C(C)(C)C. The zero-order chi connectivity index (χ0) is 18.0. The maximum atomic E-state index is 11.9. The molecular weight excluding hydrogens is 288 g/mol. The summed E-state index contributed by atoms with van der Waals surface area (Å²) in [6, 6.07) is 3.70. The van der Waals surface area contributed by atoms with Crippen LogP contribution in [0.3, 0.4) is 0 Å². The van der Waals surface area contributed by atoms with Gasteiger partial charge in [-0.1, -0.05) is 20.8 Å². The van der Waals surface area contributed by atoms with Gasteiger partial charge in [-0.15, -0.1) is 0 Å². The van der Waals surface area contributed by atoms with Crippen molar-refractivity contribution in [1.29, 1.82) is 0 Å². The second-order valence-corrected chi connectivity index (χ2v) is 8.15. The molecule has 1 aromatic rings. The number of carbonyl (C=O) groups excluding carboxylic acids is 1. The fourth-order valence-corrected chi connectivity index (χ4v) is 2.27. The van der Waals surface area contributed by atoms with Gasteiger partial charge in [0, 0.05) is 37.0 Å². The Balaban J connectivity index is 3.19. The van der Waals surface area contributed by atoms with Crippen molar-refractivity contribution >= 4 is 17.7 Å². The summed E-state index contributed by atoms with van der Waals surface area (Å²) in [6.45, 7) is 12.1. The Morgan fingerprint density at radius 1 is 1.13 bits per heavy atom. The summed E-state index contributed by atoms with van der Waals surface area (Å²) in [4.78, 5) is 13.9. The molecule has 0 atom stereocenters. The van der Waals surface area contributed by atoms with E-state index in [-0.39, 0.29) is 22.6 Å². The molecule has 0 aromatic heterocycles. The van der Waals surface area contributed by atoms with E-state index in [9.17, 15) is 9.90 Å². The number of rotatable bonds is 3. The number of amides is 1. The number of aromatic hydroxyl groups is 1. The number of nitrogens with one attached hydrogen (secondary N) is 1. The van der Waals surface area contributed by atoms with Crippen LogP contribution in [-0.4, -0.2) is 30.6 Å². The minimum atomic E-state index is -0.283. The Labute approximate surface area is 140 Å². The quantitative estimate of drug-likeness (QED) is 0.836. The summed E-state index contributed by atoms with van der Waals surface area (Å²) in [5.41, 5.74) is 2.37. The maximum absolute atomic E-state index is 11.9. The normalized spacial score (nSPS) is 12.5. The largest absolute Gasteiger partial charge is 0.507 e. The lowest BCUT2D eigenvalue weighted by Crippen LogP contribution is -2.39. The minimum Gasteiger partial charge on any atom is -0.507 e. The molecule has 0 heterocycles. The van der Waals surface area contributed by atoms with Crippen molar-refractivity contribution in [3.63, 3.8) is 0 Å². The second kappa shape index (κ2) is 6.65. The molecule has 0 bridgehead atoms. The molecule has 1 amide bonds. The Hall–Kier alpha value is -1.97. The summed E-state index contributed by atoms with van der Waals surface area (Å²) in [5, 5.41) is 13.2. The predicted octanol–water partition coefficient (Wildman–Crippen LogP) is 3.68. The number of carbonyl (C=O) groups is 1. The Kier molecular flexibility index (Phi) is 5.51. The first-order chi connectivity index (χ1) is 10.3. The lowest BCUT2D eigenvalue weighted by molar-refractivity contribution is -0.117. The van der Waals surface area contributed by atoms with Crippen LogP contribution in [0.15, 0.2) is 18.2 Å². The van der Waals surface area contributed by atoms with Crippen molar-refractivity contribution in [2.45, 2.75) is 52.5 Å². The van der Waals surface area contributed by atoms with Crippen LogP contribution < -0.4 is 10.2 Å². The molecule has 0 unspecified atom stereocenters. The molecule has 4 heteroatoms. The number of hydrogen-bond acceptors (Lipinski definition) is 3. The molecule has 2 N–H and O–H groups in total. The molecular formula is C19H30N2O2. The average molecular weight is 318 g/mol. The van der Waals surface area contributed by atoms with E-state index in [0.29, 0.717) is 5.56 Å². The molecule has 0 radical (unpaired) electrons. The molecule has 23 heavy (non-hydrogen) atoms. The molecule has 0 fully saturated rings. The zero-order valence-corrected chi connectivity index (χ0v) is 15.6. The first-order valence-corrected chi connectivity index (χ1v) is 7.86. The lowest BCUT2D eigenvalue weighted by Gasteiger charge is -2.27. The molecule has 0 saturated carbocycles. The van der Waals surface area contributed by atoms with Crippen molar-refractivity contribution in [3.05, 3.63) is 29.3 Å². The van der Waals surface area contributed by atoms with E-state index in [1.807, 2.05) is 45.8 Å². The molecule has 1 aromatic carbocycles. The second-order valence-electron chi connectivity index (χ2n) is 8.15. The summed E-state index contributed by atoms with van der Waals surface area (Å²) < 4.78 is 0. The molecule has 0 aliphatic heterocycles. The minimum absolute atomic E-state index is 0.0804. The highest BCUT2D eigenvalue weighted by molar-refractivity contribution is 5.92. The molecule has 0 aliphatic carbocycles. The van der Waals surface area contributed by atoms with Gasteiger partial charge in [0.25, 0.3) is 0 Å². The van der Waals surface area contributed by atoms with Crippen LogP contribution >= 0.6 is 0 Å². The van der Waals surface area contributed by atoms with Crippen LogP contribution in [0.2, 0.25) is 0 Å². The van der Waals surface area contributed by atoms with E-state index >= 15 is 0 Å². The smallest absolute Gasteiger partial charge is 0.244 e. The van der Waals surface area contributed by atoms with Crippen molar-refractivity contribution in [1.82, 2.24) is 5.32 Å². The zero-order valence-electron chi connectivity index (χ0n) is 15.6. The number of nitrogens with zero attached hydrogens (tertiary/aromatic N) is 1. The standard InChI is InChI=1S/C19H30N2O2/c1-18(2,3)14-12-16(22)13(11-15(14)21(7)8)9-10-17(23)20-19(4,5)6/h9-12,22H,1-8H3,(H,20,23)/b10-9+. The van der Waals surface area contributed by atoms with Crippen LogP contribution in [-0.2, 0) is 10.2 Å². The van der Waals surface area contributed by atoms with Crippen LogP contribution in [0.1, 0.15) is 52.7 Å². The molecule has 0 saturated heterocycles. The van der Waals surface area contributed by atoms with Gasteiger partial charge in [-0.25, -0.2) is 0 Å². The van der Waals surface area contributed by atoms with Crippen molar-refractivity contribution in [2.24, 2.45) is 0 Å². The van der Waals surface area contributed by atoms with Gasteiger partial charge in [-0.3, -0.25) is 4.79 Å². The van der Waals surface area contributed by atoms with E-state index in [4.69, 9.17) is 0 Å².